The van der Waals surface area contributed by atoms with Crippen molar-refractivity contribution in [3.63, 3.8) is 0 Å². The second-order valence-corrected chi connectivity index (χ2v) is 3.10. The van der Waals surface area contributed by atoms with E-state index in [1.807, 2.05) is 6.92 Å². The predicted octanol–water partition coefficient (Wildman–Crippen LogP) is 2.44. The molecule has 0 spiro atoms. The number of primary amides is 1. The lowest BCUT2D eigenvalue weighted by atomic mass is 10.1. The van der Waals surface area contributed by atoms with Crippen LogP contribution in [0.2, 0.25) is 0 Å². The highest BCUT2D eigenvalue weighted by atomic mass is 16.6. The molecule has 0 unspecified atom stereocenters. The second-order valence-electron chi connectivity index (χ2n) is 3.10. The third-order valence-corrected chi connectivity index (χ3v) is 1.78. The van der Waals surface area contributed by atoms with E-state index in [1.165, 1.54) is 19.3 Å². The van der Waals surface area contributed by atoms with Gasteiger partial charge in [0.15, 0.2) is 0 Å². The van der Waals surface area contributed by atoms with Crippen LogP contribution in [-0.2, 0) is 4.74 Å². The summed E-state index contributed by atoms with van der Waals surface area (Å²) in [7, 11) is 0. The van der Waals surface area contributed by atoms with E-state index >= 15 is 0 Å². The molecule has 0 saturated carbocycles. The molecule has 3 heteroatoms. The van der Waals surface area contributed by atoms with Crippen LogP contribution in [-0.4, -0.2) is 12.2 Å². The standard InChI is InChI=1S/C9H19NO2/c1-3-4-5-6-7-8(2)12-9(10)11/h8H,3-7H2,1-2H3,(H2,10,11)/t8-/m0/s1. The average molecular weight is 173 g/mol. The molecule has 0 aromatic carbocycles. The molecular weight excluding hydrogens is 154 g/mol. The number of hydrogen-bond donors (Lipinski definition) is 1. The maximum absolute atomic E-state index is 10.3. The summed E-state index contributed by atoms with van der Waals surface area (Å²) in [4.78, 5) is 10.3. The summed E-state index contributed by atoms with van der Waals surface area (Å²) in [5.41, 5.74) is 4.86. The van der Waals surface area contributed by atoms with Gasteiger partial charge in [0, 0.05) is 0 Å². The van der Waals surface area contributed by atoms with E-state index in [9.17, 15) is 4.79 Å². The summed E-state index contributed by atoms with van der Waals surface area (Å²) in [6.07, 6.45) is 5.03. The monoisotopic (exact) mass is 173 g/mol. The third-order valence-electron chi connectivity index (χ3n) is 1.78. The Morgan fingerprint density at radius 1 is 1.42 bits per heavy atom. The van der Waals surface area contributed by atoms with Gasteiger partial charge in [-0.15, -0.1) is 0 Å². The van der Waals surface area contributed by atoms with Gasteiger partial charge in [0.1, 0.15) is 6.10 Å². The van der Waals surface area contributed by atoms with Gasteiger partial charge in [-0.3, -0.25) is 0 Å². The molecule has 72 valence electrons. The van der Waals surface area contributed by atoms with Crippen LogP contribution in [0.1, 0.15) is 46.0 Å². The molecular formula is C9H19NO2. The lowest BCUT2D eigenvalue weighted by Gasteiger charge is -2.10. The number of ether oxygens (including phenoxy) is 1. The van der Waals surface area contributed by atoms with E-state index < -0.39 is 6.09 Å². The molecule has 0 bridgehead atoms. The minimum absolute atomic E-state index is 0.0284. The molecule has 0 aromatic rings. The molecule has 0 aliphatic rings. The number of rotatable bonds is 6. The third kappa shape index (κ3) is 7.38. The smallest absolute Gasteiger partial charge is 0.404 e. The molecule has 1 atom stereocenters. The van der Waals surface area contributed by atoms with Crippen molar-refractivity contribution in [1.29, 1.82) is 0 Å². The zero-order valence-electron chi connectivity index (χ0n) is 8.01. The van der Waals surface area contributed by atoms with Crippen molar-refractivity contribution in [2.24, 2.45) is 5.73 Å². The molecule has 0 fully saturated rings. The van der Waals surface area contributed by atoms with Crippen LogP contribution in [0.3, 0.4) is 0 Å². The normalized spacial score (nSPS) is 12.5. The largest absolute Gasteiger partial charge is 0.447 e. The van der Waals surface area contributed by atoms with Gasteiger partial charge < -0.3 is 10.5 Å². The van der Waals surface area contributed by atoms with Gasteiger partial charge in [-0.1, -0.05) is 26.2 Å². The minimum Gasteiger partial charge on any atom is -0.447 e. The quantitative estimate of drug-likeness (QED) is 0.627. The summed E-state index contributed by atoms with van der Waals surface area (Å²) < 4.78 is 4.77. The van der Waals surface area contributed by atoms with E-state index in [1.54, 1.807) is 0 Å². The Hall–Kier alpha value is -0.730. The van der Waals surface area contributed by atoms with Crippen LogP contribution >= 0.6 is 0 Å². The summed E-state index contributed by atoms with van der Waals surface area (Å²) in [6, 6.07) is 0. The maximum Gasteiger partial charge on any atom is 0.404 e. The first kappa shape index (κ1) is 11.3. The van der Waals surface area contributed by atoms with E-state index in [0.29, 0.717) is 0 Å². The molecule has 1 amide bonds. The Bertz CT molecular complexity index is 126. The first-order valence-corrected chi connectivity index (χ1v) is 4.63. The zero-order chi connectivity index (χ0) is 9.40. The molecule has 0 aliphatic heterocycles. The number of carbonyl (C=O) groups is 1. The summed E-state index contributed by atoms with van der Waals surface area (Å²) >= 11 is 0. The Morgan fingerprint density at radius 2 is 2.08 bits per heavy atom. The summed E-state index contributed by atoms with van der Waals surface area (Å²) in [5, 5.41) is 0. The predicted molar refractivity (Wildman–Crippen MR) is 48.9 cm³/mol. The highest BCUT2D eigenvalue weighted by molar-refractivity contribution is 5.64. The van der Waals surface area contributed by atoms with Crippen molar-refractivity contribution in [1.82, 2.24) is 0 Å². The van der Waals surface area contributed by atoms with Crippen LogP contribution < -0.4 is 5.73 Å². The van der Waals surface area contributed by atoms with E-state index in [0.717, 1.165) is 12.8 Å². The van der Waals surface area contributed by atoms with Crippen LogP contribution in [0.4, 0.5) is 4.79 Å². The molecule has 0 heterocycles. The Balaban J connectivity index is 3.19. The number of carbonyl (C=O) groups excluding carboxylic acids is 1. The van der Waals surface area contributed by atoms with Crippen molar-refractivity contribution in [3.05, 3.63) is 0 Å². The van der Waals surface area contributed by atoms with Crippen molar-refractivity contribution in [2.75, 3.05) is 0 Å². The molecule has 0 saturated heterocycles. The van der Waals surface area contributed by atoms with E-state index in [-0.39, 0.29) is 6.10 Å². The molecule has 0 aromatic heterocycles. The van der Waals surface area contributed by atoms with Crippen LogP contribution in [0.25, 0.3) is 0 Å². The molecule has 0 aliphatic carbocycles. The molecule has 0 rings (SSSR count). The fourth-order valence-electron chi connectivity index (χ4n) is 1.12. The molecule has 0 radical (unpaired) electrons. The number of hydrogen-bond acceptors (Lipinski definition) is 2. The van der Waals surface area contributed by atoms with Crippen molar-refractivity contribution in [3.8, 4) is 0 Å². The Morgan fingerprint density at radius 3 is 2.58 bits per heavy atom. The number of amides is 1. The highest BCUT2D eigenvalue weighted by Crippen LogP contribution is 2.07. The van der Waals surface area contributed by atoms with Gasteiger partial charge in [0.2, 0.25) is 0 Å². The van der Waals surface area contributed by atoms with Gasteiger partial charge in [-0.2, -0.15) is 0 Å². The van der Waals surface area contributed by atoms with E-state index in [2.05, 4.69) is 6.92 Å². The van der Waals surface area contributed by atoms with Crippen LogP contribution in [0.15, 0.2) is 0 Å². The van der Waals surface area contributed by atoms with Crippen molar-refractivity contribution < 1.29 is 9.53 Å². The minimum atomic E-state index is -0.669. The SMILES string of the molecule is CCCCCC[C@H](C)OC(N)=O. The maximum atomic E-state index is 10.3. The topological polar surface area (TPSA) is 52.3 Å². The first-order valence-electron chi connectivity index (χ1n) is 4.63. The van der Waals surface area contributed by atoms with Crippen LogP contribution in [0, 0.1) is 0 Å². The fraction of sp³-hybridized carbons (Fsp3) is 0.889. The van der Waals surface area contributed by atoms with Gasteiger partial charge in [0.25, 0.3) is 0 Å². The molecule has 3 nitrogen and oxygen atoms in total. The Labute approximate surface area is 74.3 Å². The number of nitrogens with two attached hydrogens (primary N) is 1. The highest BCUT2D eigenvalue weighted by Gasteiger charge is 2.04. The lowest BCUT2D eigenvalue weighted by molar-refractivity contribution is 0.110. The number of unbranched alkanes of at least 4 members (excludes halogenated alkanes) is 3. The molecule has 12 heavy (non-hydrogen) atoms. The van der Waals surface area contributed by atoms with Crippen molar-refractivity contribution >= 4 is 6.09 Å². The first-order chi connectivity index (χ1) is 5.66. The van der Waals surface area contributed by atoms with Gasteiger partial charge in [-0.05, 0) is 19.8 Å². The molecule has 2 N–H and O–H groups in total. The lowest BCUT2D eigenvalue weighted by Crippen LogP contribution is -2.20. The fourth-order valence-corrected chi connectivity index (χ4v) is 1.12. The summed E-state index contributed by atoms with van der Waals surface area (Å²) in [6.45, 7) is 4.04. The van der Waals surface area contributed by atoms with Crippen molar-refractivity contribution in [2.45, 2.75) is 52.1 Å². The zero-order valence-corrected chi connectivity index (χ0v) is 8.01. The summed E-state index contributed by atoms with van der Waals surface area (Å²) in [5.74, 6) is 0. The van der Waals surface area contributed by atoms with Gasteiger partial charge >= 0.3 is 6.09 Å². The second kappa shape index (κ2) is 6.95. The average Bonchev–Trinajstić information content (AvgIpc) is 1.97. The van der Waals surface area contributed by atoms with Gasteiger partial charge in [-0.25, -0.2) is 4.79 Å². The van der Waals surface area contributed by atoms with E-state index in [4.69, 9.17) is 10.5 Å². The Kier molecular flexibility index (Phi) is 6.53. The van der Waals surface area contributed by atoms with Gasteiger partial charge in [0.05, 0.1) is 0 Å². The van der Waals surface area contributed by atoms with Crippen LogP contribution in [0.5, 0.6) is 0 Å².